The molecule has 98 valence electrons. The average molecular weight is 253 g/mol. The summed E-state index contributed by atoms with van der Waals surface area (Å²) < 4.78 is 4.69. The maximum Gasteiger partial charge on any atom is 0.339 e. The lowest BCUT2D eigenvalue weighted by atomic mass is 10.2. The van der Waals surface area contributed by atoms with E-state index in [9.17, 15) is 9.59 Å². The SMILES string of the molecule is CC(=O)Oc1ccccc1C(=O)O.CNC(=N)N. The molecule has 0 spiro atoms. The molecule has 5 N–H and O–H groups in total. The van der Waals surface area contributed by atoms with Crippen LogP contribution in [0.2, 0.25) is 0 Å². The molecule has 0 aromatic heterocycles. The predicted octanol–water partition coefficient (Wildman–Crippen LogP) is 0.409. The molecule has 7 heteroatoms. The number of nitrogens with one attached hydrogen (secondary N) is 2. The van der Waals surface area contributed by atoms with Crippen LogP contribution in [0.1, 0.15) is 17.3 Å². The van der Waals surface area contributed by atoms with Crippen LogP contribution in [0.3, 0.4) is 0 Å². The Morgan fingerprint density at radius 3 is 2.28 bits per heavy atom. The molecule has 0 radical (unpaired) electrons. The van der Waals surface area contributed by atoms with Gasteiger partial charge in [0, 0.05) is 14.0 Å². The molecule has 1 aromatic carbocycles. The summed E-state index contributed by atoms with van der Waals surface area (Å²) in [7, 11) is 1.60. The van der Waals surface area contributed by atoms with Crippen molar-refractivity contribution in [3.8, 4) is 5.75 Å². The molecule has 1 rings (SSSR count). The third kappa shape index (κ3) is 6.11. The number of carboxylic acids is 1. The van der Waals surface area contributed by atoms with Gasteiger partial charge in [0.05, 0.1) is 0 Å². The Kier molecular flexibility index (Phi) is 6.57. The molecular weight excluding hydrogens is 238 g/mol. The molecule has 0 bridgehead atoms. The van der Waals surface area contributed by atoms with E-state index in [0.717, 1.165) is 0 Å². The summed E-state index contributed by atoms with van der Waals surface area (Å²) in [6, 6.07) is 5.98. The summed E-state index contributed by atoms with van der Waals surface area (Å²) in [6.07, 6.45) is 0. The Labute approximate surface area is 104 Å². The first-order valence-corrected chi connectivity index (χ1v) is 4.91. The summed E-state index contributed by atoms with van der Waals surface area (Å²) >= 11 is 0. The van der Waals surface area contributed by atoms with Gasteiger partial charge in [0.25, 0.3) is 0 Å². The second-order valence-corrected chi connectivity index (χ2v) is 3.06. The first-order valence-electron chi connectivity index (χ1n) is 4.91. The number of nitrogens with two attached hydrogens (primary N) is 1. The van der Waals surface area contributed by atoms with Gasteiger partial charge in [-0.05, 0) is 12.1 Å². The van der Waals surface area contributed by atoms with Gasteiger partial charge in [-0.25, -0.2) is 4.79 Å². The van der Waals surface area contributed by atoms with Crippen molar-refractivity contribution in [1.82, 2.24) is 5.32 Å². The minimum absolute atomic E-state index is 0.00463. The Morgan fingerprint density at radius 1 is 1.39 bits per heavy atom. The molecule has 0 saturated carbocycles. The normalized spacial score (nSPS) is 8.56. The van der Waals surface area contributed by atoms with Crippen LogP contribution in [0.25, 0.3) is 0 Å². The van der Waals surface area contributed by atoms with Crippen LogP contribution in [-0.4, -0.2) is 30.1 Å². The summed E-state index contributed by atoms with van der Waals surface area (Å²) in [4.78, 5) is 21.2. The fourth-order valence-electron chi connectivity index (χ4n) is 0.887. The van der Waals surface area contributed by atoms with E-state index in [2.05, 4.69) is 10.1 Å². The molecule has 18 heavy (non-hydrogen) atoms. The molecule has 0 fully saturated rings. The lowest BCUT2D eigenvalue weighted by molar-refractivity contribution is -0.131. The summed E-state index contributed by atoms with van der Waals surface area (Å²) in [6.45, 7) is 1.22. The third-order valence-corrected chi connectivity index (χ3v) is 1.64. The maximum atomic E-state index is 10.6. The number of aromatic carboxylic acids is 1. The van der Waals surface area contributed by atoms with Crippen LogP contribution >= 0.6 is 0 Å². The van der Waals surface area contributed by atoms with Crippen LogP contribution in [0.15, 0.2) is 24.3 Å². The molecule has 0 amide bonds. The van der Waals surface area contributed by atoms with Gasteiger partial charge in [-0.3, -0.25) is 10.2 Å². The fourth-order valence-corrected chi connectivity index (χ4v) is 0.887. The Morgan fingerprint density at radius 2 is 1.89 bits per heavy atom. The van der Waals surface area contributed by atoms with Crippen LogP contribution in [-0.2, 0) is 4.79 Å². The highest BCUT2D eigenvalue weighted by Crippen LogP contribution is 2.17. The van der Waals surface area contributed by atoms with Gasteiger partial charge in [0.15, 0.2) is 5.96 Å². The van der Waals surface area contributed by atoms with Crippen LogP contribution < -0.4 is 15.8 Å². The zero-order chi connectivity index (χ0) is 14.1. The molecule has 0 unspecified atom stereocenters. The molecule has 0 heterocycles. The fraction of sp³-hybridized carbons (Fsp3) is 0.182. The number of hydrogen-bond acceptors (Lipinski definition) is 4. The number of benzene rings is 1. The van der Waals surface area contributed by atoms with Crippen LogP contribution in [0.4, 0.5) is 0 Å². The molecule has 0 aliphatic heterocycles. The molecule has 0 aliphatic rings. The number of hydrogen-bond donors (Lipinski definition) is 4. The van der Waals surface area contributed by atoms with Crippen molar-refractivity contribution in [3.63, 3.8) is 0 Å². The second kappa shape index (κ2) is 7.66. The summed E-state index contributed by atoms with van der Waals surface area (Å²) in [5.74, 6) is -1.57. The van der Waals surface area contributed by atoms with E-state index in [1.54, 1.807) is 19.2 Å². The van der Waals surface area contributed by atoms with Gasteiger partial charge < -0.3 is 20.9 Å². The van der Waals surface area contributed by atoms with Crippen molar-refractivity contribution >= 4 is 17.9 Å². The highest BCUT2D eigenvalue weighted by atomic mass is 16.5. The van der Waals surface area contributed by atoms with Gasteiger partial charge in [-0.1, -0.05) is 12.1 Å². The van der Waals surface area contributed by atoms with Gasteiger partial charge in [0.1, 0.15) is 11.3 Å². The highest BCUT2D eigenvalue weighted by Gasteiger charge is 2.10. The quantitative estimate of drug-likeness (QED) is 0.262. The molecule has 0 atom stereocenters. The summed E-state index contributed by atoms with van der Waals surface area (Å²) in [5, 5.41) is 17.5. The van der Waals surface area contributed by atoms with Crippen molar-refractivity contribution < 1.29 is 19.4 Å². The molecule has 0 aliphatic carbocycles. The third-order valence-electron chi connectivity index (χ3n) is 1.64. The van der Waals surface area contributed by atoms with Crippen molar-refractivity contribution in [2.24, 2.45) is 5.73 Å². The predicted molar refractivity (Wildman–Crippen MR) is 65.7 cm³/mol. The zero-order valence-corrected chi connectivity index (χ0v) is 10.1. The molecule has 7 nitrogen and oxygen atoms in total. The summed E-state index contributed by atoms with van der Waals surface area (Å²) in [5.41, 5.74) is 4.75. The monoisotopic (exact) mass is 253 g/mol. The number of carboxylic acid groups (broad SMARTS) is 1. The van der Waals surface area contributed by atoms with Crippen molar-refractivity contribution in [2.75, 3.05) is 7.05 Å². The number of esters is 1. The van der Waals surface area contributed by atoms with E-state index in [-0.39, 0.29) is 17.3 Å². The Hall–Kier alpha value is -2.57. The lowest BCUT2D eigenvalue weighted by Gasteiger charge is -2.03. The van der Waals surface area contributed by atoms with E-state index in [4.69, 9.17) is 16.2 Å². The molecule has 1 aromatic rings. The number of carbonyl (C=O) groups is 2. The van der Waals surface area contributed by atoms with Gasteiger partial charge in [-0.15, -0.1) is 0 Å². The zero-order valence-electron chi connectivity index (χ0n) is 10.1. The van der Waals surface area contributed by atoms with Crippen LogP contribution in [0, 0.1) is 5.41 Å². The smallest absolute Gasteiger partial charge is 0.339 e. The standard InChI is InChI=1S/C9H8O4.C2H7N3/c1-6(10)13-8-5-3-2-4-7(8)9(11)12;1-5-2(3)4/h2-5H,1H3,(H,11,12);1H3,(H4,3,4,5). The Balaban J connectivity index is 0.000000494. The lowest BCUT2D eigenvalue weighted by Crippen LogP contribution is -2.25. The van der Waals surface area contributed by atoms with E-state index in [1.165, 1.54) is 19.1 Å². The number of guanidine groups is 1. The van der Waals surface area contributed by atoms with Gasteiger partial charge in [0.2, 0.25) is 0 Å². The van der Waals surface area contributed by atoms with E-state index in [0.29, 0.717) is 0 Å². The van der Waals surface area contributed by atoms with E-state index < -0.39 is 11.9 Å². The first kappa shape index (κ1) is 15.4. The number of ether oxygens (including phenoxy) is 1. The topological polar surface area (TPSA) is 126 Å². The number of para-hydroxylation sites is 1. The van der Waals surface area contributed by atoms with Crippen molar-refractivity contribution in [1.29, 1.82) is 5.41 Å². The Bertz CT molecular complexity index is 446. The number of carbonyl (C=O) groups excluding carboxylic acids is 1. The van der Waals surface area contributed by atoms with Crippen molar-refractivity contribution in [3.05, 3.63) is 29.8 Å². The van der Waals surface area contributed by atoms with Gasteiger partial charge >= 0.3 is 11.9 Å². The van der Waals surface area contributed by atoms with Gasteiger partial charge in [-0.2, -0.15) is 0 Å². The molecular formula is C11H15N3O4. The van der Waals surface area contributed by atoms with E-state index in [1.807, 2.05) is 0 Å². The van der Waals surface area contributed by atoms with Crippen LogP contribution in [0.5, 0.6) is 5.75 Å². The number of rotatable bonds is 2. The largest absolute Gasteiger partial charge is 0.478 e. The molecule has 0 saturated heterocycles. The second-order valence-electron chi connectivity index (χ2n) is 3.06. The minimum atomic E-state index is -1.11. The highest BCUT2D eigenvalue weighted by molar-refractivity contribution is 5.91. The maximum absolute atomic E-state index is 10.6. The average Bonchev–Trinajstić information content (AvgIpc) is 2.29. The van der Waals surface area contributed by atoms with Crippen molar-refractivity contribution in [2.45, 2.75) is 6.92 Å². The van der Waals surface area contributed by atoms with E-state index >= 15 is 0 Å². The minimum Gasteiger partial charge on any atom is -0.478 e. The first-order chi connectivity index (χ1) is 8.38.